The lowest BCUT2D eigenvalue weighted by molar-refractivity contribution is -0.203. The average molecular weight is 594 g/mol. The maximum Gasteiger partial charge on any atom is 0.421 e. The summed E-state index contributed by atoms with van der Waals surface area (Å²) in [7, 11) is -2.81. The summed E-state index contributed by atoms with van der Waals surface area (Å²) in [6.07, 6.45) is 8.29. The van der Waals surface area contributed by atoms with Crippen molar-refractivity contribution in [2.45, 2.75) is 96.2 Å². The van der Waals surface area contributed by atoms with Crippen LogP contribution < -0.4 is 9.46 Å². The zero-order chi connectivity index (χ0) is 29.7. The molecule has 10 nitrogen and oxygen atoms in total. The van der Waals surface area contributed by atoms with Gasteiger partial charge in [-0.2, -0.15) is 0 Å². The minimum Gasteiger partial charge on any atom is -0.467 e. The van der Waals surface area contributed by atoms with Crippen molar-refractivity contribution < 1.29 is 32.9 Å². The fourth-order valence-corrected chi connectivity index (χ4v) is 10.8. The number of carbonyl (C=O) groups is 1. The standard InChI is InChI=1S/C30H47N3O7S/c1-6-20-24-13-18(34)9-11-30(24,4)23-10-12-29(3)21(7-8-22(29)25(23)26(20)35)17(2)16-40-28(36)33-41(37,38)19-14-31-27(39-5)32-15-19/h14-15,17-18,20-26,34-35H,6-13,16H2,1-5H3,(H,33,36)/t17-,18-,20-,21-,22+,23+,24+,25+,26-,29-,30-/m1/s1. The molecule has 1 heterocycles. The van der Waals surface area contributed by atoms with Gasteiger partial charge < -0.3 is 19.7 Å². The fraction of sp³-hybridized carbons (Fsp3) is 0.833. The van der Waals surface area contributed by atoms with Gasteiger partial charge in [0.2, 0.25) is 0 Å². The maximum atomic E-state index is 12.6. The molecule has 1 amide bonds. The van der Waals surface area contributed by atoms with E-state index in [0.717, 1.165) is 63.8 Å². The summed E-state index contributed by atoms with van der Waals surface area (Å²) < 4.78 is 37.4. The van der Waals surface area contributed by atoms with Gasteiger partial charge in [-0.15, -0.1) is 0 Å². The van der Waals surface area contributed by atoms with Crippen molar-refractivity contribution in [3.8, 4) is 6.01 Å². The van der Waals surface area contributed by atoms with Gasteiger partial charge in [-0.25, -0.2) is 27.9 Å². The van der Waals surface area contributed by atoms with E-state index in [1.165, 1.54) is 7.11 Å². The number of hydrogen-bond donors (Lipinski definition) is 3. The van der Waals surface area contributed by atoms with Crippen LogP contribution in [0.15, 0.2) is 17.3 Å². The predicted octanol–water partition coefficient (Wildman–Crippen LogP) is 4.16. The lowest BCUT2D eigenvalue weighted by atomic mass is 9.41. The number of methoxy groups -OCH3 is 1. The van der Waals surface area contributed by atoms with Crippen LogP contribution in [0, 0.1) is 52.3 Å². The van der Waals surface area contributed by atoms with Gasteiger partial charge in [0.05, 0.1) is 38.3 Å². The molecular weight excluding hydrogens is 546 g/mol. The highest BCUT2D eigenvalue weighted by atomic mass is 32.2. The van der Waals surface area contributed by atoms with Gasteiger partial charge in [0.15, 0.2) is 0 Å². The average Bonchev–Trinajstić information content (AvgIpc) is 3.30. The summed E-state index contributed by atoms with van der Waals surface area (Å²) in [5.41, 5.74) is 0.167. The van der Waals surface area contributed by atoms with Crippen molar-refractivity contribution in [1.29, 1.82) is 0 Å². The van der Waals surface area contributed by atoms with Gasteiger partial charge >= 0.3 is 12.1 Å². The predicted molar refractivity (Wildman–Crippen MR) is 151 cm³/mol. The van der Waals surface area contributed by atoms with Crippen LogP contribution in [-0.2, 0) is 14.8 Å². The summed E-state index contributed by atoms with van der Waals surface area (Å²) in [5, 5.41) is 22.4. The third kappa shape index (κ3) is 5.24. The number of carbonyl (C=O) groups excluding carboxylic acids is 1. The number of fused-ring (bicyclic) bond motifs is 5. The quantitative estimate of drug-likeness (QED) is 0.424. The topological polar surface area (TPSA) is 148 Å². The first-order valence-corrected chi connectivity index (χ1v) is 16.8. The molecular formula is C30H47N3O7S. The first-order chi connectivity index (χ1) is 19.4. The van der Waals surface area contributed by atoms with Crippen LogP contribution in [0.3, 0.4) is 0 Å². The molecule has 0 aliphatic heterocycles. The smallest absolute Gasteiger partial charge is 0.421 e. The first-order valence-electron chi connectivity index (χ1n) is 15.3. The summed E-state index contributed by atoms with van der Waals surface area (Å²) in [4.78, 5) is 19.8. The minimum atomic E-state index is -4.18. The highest BCUT2D eigenvalue weighted by molar-refractivity contribution is 7.90. The number of amides is 1. The maximum absolute atomic E-state index is 12.6. The monoisotopic (exact) mass is 593 g/mol. The molecule has 11 heteroatoms. The van der Waals surface area contributed by atoms with Crippen molar-refractivity contribution in [2.24, 2.45) is 52.3 Å². The van der Waals surface area contributed by atoms with Gasteiger partial charge in [-0.1, -0.05) is 34.1 Å². The molecule has 0 saturated heterocycles. The minimum absolute atomic E-state index is 0.0174. The third-order valence-electron chi connectivity index (χ3n) is 11.9. The molecule has 230 valence electrons. The van der Waals surface area contributed by atoms with Crippen molar-refractivity contribution >= 4 is 16.1 Å². The van der Waals surface area contributed by atoms with E-state index in [1.807, 2.05) is 4.72 Å². The third-order valence-corrected chi connectivity index (χ3v) is 13.2. The summed E-state index contributed by atoms with van der Waals surface area (Å²) in [6.45, 7) is 9.17. The second kappa shape index (κ2) is 11.3. The molecule has 1 aromatic heterocycles. The van der Waals surface area contributed by atoms with E-state index in [0.29, 0.717) is 23.7 Å². The van der Waals surface area contributed by atoms with Crippen LogP contribution in [0.5, 0.6) is 6.01 Å². The zero-order valence-electron chi connectivity index (χ0n) is 25.0. The fourth-order valence-electron chi connectivity index (χ4n) is 10.0. The molecule has 3 N–H and O–H groups in total. The summed E-state index contributed by atoms with van der Waals surface area (Å²) in [5.74, 6) is 2.01. The number of aliphatic hydroxyl groups is 2. The molecule has 4 fully saturated rings. The lowest BCUT2D eigenvalue weighted by Gasteiger charge is -2.64. The Morgan fingerprint density at radius 2 is 1.73 bits per heavy atom. The molecule has 5 rings (SSSR count). The Hall–Kier alpha value is -1.98. The molecule has 0 spiro atoms. The number of rotatable bonds is 7. The molecule has 0 bridgehead atoms. The molecule has 4 aliphatic rings. The Balaban J connectivity index is 1.25. The van der Waals surface area contributed by atoms with Crippen LogP contribution in [-0.4, -0.2) is 60.6 Å². The summed E-state index contributed by atoms with van der Waals surface area (Å²) >= 11 is 0. The molecule has 0 radical (unpaired) electrons. The second-order valence-electron chi connectivity index (χ2n) is 13.7. The first kappa shape index (κ1) is 30.5. The van der Waals surface area contributed by atoms with E-state index in [9.17, 15) is 23.4 Å². The second-order valence-corrected chi connectivity index (χ2v) is 15.4. The van der Waals surface area contributed by atoms with E-state index < -0.39 is 16.1 Å². The SMILES string of the molecule is CC[C@H]1[C@@H](O)[C@@H]2[C@H](CC[C@]3(C)[C@@H]([C@H](C)COC(=O)NS(=O)(=O)c4cnc(OC)nc4)CC[C@@H]23)[C@@]2(C)CC[C@@H](O)C[C@@H]12. The van der Waals surface area contributed by atoms with E-state index in [4.69, 9.17) is 9.47 Å². The van der Waals surface area contributed by atoms with Crippen LogP contribution >= 0.6 is 0 Å². The van der Waals surface area contributed by atoms with Gasteiger partial charge in [-0.05, 0) is 97.2 Å². The number of sulfonamides is 1. The molecule has 0 unspecified atom stereocenters. The number of aromatic nitrogens is 2. The molecule has 4 saturated carbocycles. The normalized spacial score (nSPS) is 41.0. The van der Waals surface area contributed by atoms with Crippen LogP contribution in [0.1, 0.15) is 79.1 Å². The Kier molecular flexibility index (Phi) is 8.37. The number of aliphatic hydroxyl groups excluding tert-OH is 2. The lowest BCUT2D eigenvalue weighted by Crippen LogP contribution is -2.62. The number of ether oxygens (including phenoxy) is 2. The number of nitrogens with one attached hydrogen (secondary N) is 1. The Morgan fingerprint density at radius 3 is 2.39 bits per heavy atom. The van der Waals surface area contributed by atoms with Crippen molar-refractivity contribution in [3.05, 3.63) is 12.4 Å². The van der Waals surface area contributed by atoms with Crippen LogP contribution in [0.25, 0.3) is 0 Å². The number of nitrogens with zero attached hydrogens (tertiary/aromatic N) is 2. The van der Waals surface area contributed by atoms with Gasteiger partial charge in [0, 0.05) is 0 Å². The highest BCUT2D eigenvalue weighted by Crippen LogP contribution is 2.69. The molecule has 11 atom stereocenters. The Bertz CT molecular complexity index is 1210. The molecule has 1 aromatic rings. The van der Waals surface area contributed by atoms with E-state index >= 15 is 0 Å². The summed E-state index contributed by atoms with van der Waals surface area (Å²) in [6, 6.07) is 0.0233. The highest BCUT2D eigenvalue weighted by Gasteiger charge is 2.64. The molecule has 41 heavy (non-hydrogen) atoms. The van der Waals surface area contributed by atoms with Gasteiger partial charge in [0.25, 0.3) is 10.0 Å². The van der Waals surface area contributed by atoms with Crippen molar-refractivity contribution in [2.75, 3.05) is 13.7 Å². The van der Waals surface area contributed by atoms with E-state index in [1.54, 1.807) is 0 Å². The Morgan fingerprint density at radius 1 is 1.07 bits per heavy atom. The van der Waals surface area contributed by atoms with Crippen LogP contribution in [0.4, 0.5) is 4.79 Å². The Labute approximate surface area is 244 Å². The van der Waals surface area contributed by atoms with Crippen molar-refractivity contribution in [1.82, 2.24) is 14.7 Å². The van der Waals surface area contributed by atoms with Gasteiger partial charge in [-0.3, -0.25) is 0 Å². The molecule has 4 aliphatic carbocycles. The van der Waals surface area contributed by atoms with E-state index in [2.05, 4.69) is 37.7 Å². The molecule has 0 aromatic carbocycles. The van der Waals surface area contributed by atoms with Crippen molar-refractivity contribution in [3.63, 3.8) is 0 Å². The van der Waals surface area contributed by atoms with Crippen LogP contribution in [0.2, 0.25) is 0 Å². The zero-order valence-corrected chi connectivity index (χ0v) is 25.8. The number of hydrogen-bond acceptors (Lipinski definition) is 9. The van der Waals surface area contributed by atoms with E-state index in [-0.39, 0.29) is 58.3 Å². The van der Waals surface area contributed by atoms with Gasteiger partial charge in [0.1, 0.15) is 4.90 Å². The largest absolute Gasteiger partial charge is 0.467 e.